The van der Waals surface area contributed by atoms with Crippen molar-refractivity contribution in [2.75, 3.05) is 27.7 Å². The van der Waals surface area contributed by atoms with E-state index in [0.29, 0.717) is 17.4 Å². The first kappa shape index (κ1) is 22.6. The Morgan fingerprint density at radius 2 is 1.67 bits per heavy atom. The van der Waals surface area contributed by atoms with Gasteiger partial charge in [-0.05, 0) is 25.7 Å². The first-order chi connectivity index (χ1) is 11.2. The van der Waals surface area contributed by atoms with Gasteiger partial charge in [-0.25, -0.2) is 0 Å². The number of hydrogen-bond donors (Lipinski definition) is 1. The van der Waals surface area contributed by atoms with Gasteiger partial charge in [-0.1, -0.05) is 38.3 Å². The van der Waals surface area contributed by atoms with E-state index in [2.05, 4.69) is 19.1 Å². The summed E-state index contributed by atoms with van der Waals surface area (Å²) in [5, 5.41) is 8.94. The molecule has 0 saturated carbocycles. The van der Waals surface area contributed by atoms with Crippen molar-refractivity contribution in [1.29, 1.82) is 0 Å². The monoisotopic (exact) mass is 342 g/mol. The molecule has 0 radical (unpaired) electrons. The molecule has 0 bridgehead atoms. The molecule has 1 unspecified atom stereocenters. The maximum absolute atomic E-state index is 11.9. The molecule has 0 aromatic heterocycles. The smallest absolute Gasteiger partial charge is 0.307 e. The lowest BCUT2D eigenvalue weighted by molar-refractivity contribution is -0.873. The van der Waals surface area contributed by atoms with E-state index in [-0.39, 0.29) is 12.4 Å². The summed E-state index contributed by atoms with van der Waals surface area (Å²) in [5.74, 6) is -1.24. The lowest BCUT2D eigenvalue weighted by atomic mass is 10.1. The number of carbonyl (C=O) groups excluding carboxylic acids is 1. The molecule has 0 aliphatic rings. The zero-order valence-electron chi connectivity index (χ0n) is 15.9. The summed E-state index contributed by atoms with van der Waals surface area (Å²) >= 11 is 0. The summed E-state index contributed by atoms with van der Waals surface area (Å²) in [6.45, 7) is 2.70. The summed E-state index contributed by atoms with van der Waals surface area (Å²) < 4.78 is 5.91. The van der Waals surface area contributed by atoms with Crippen molar-refractivity contribution in [2.24, 2.45) is 0 Å². The summed E-state index contributed by atoms with van der Waals surface area (Å²) in [6, 6.07) is 0. The average molecular weight is 343 g/mol. The maximum atomic E-state index is 11.9. The summed E-state index contributed by atoms with van der Waals surface area (Å²) in [7, 11) is 5.86. The molecule has 0 rings (SSSR count). The van der Waals surface area contributed by atoms with Crippen molar-refractivity contribution in [3.8, 4) is 0 Å². The number of likely N-dealkylation sites (N-methyl/N-ethyl adjacent to an activating group) is 1. The standard InChI is InChI=1S/C19H35NO4/c1-5-6-7-8-9-10-11-12-13-14-19(23)24-17(15-18(21)22)16-20(2,3)4/h10-11,17H,5-9,12-16H2,1-4H3/p+1/b11-10+. The Kier molecular flexibility index (Phi) is 12.3. The van der Waals surface area contributed by atoms with Gasteiger partial charge in [0.1, 0.15) is 6.54 Å². The molecule has 0 aromatic carbocycles. The third-order valence-electron chi connectivity index (χ3n) is 3.59. The second-order valence-corrected chi connectivity index (χ2v) is 7.40. The van der Waals surface area contributed by atoms with Crippen molar-refractivity contribution in [3.05, 3.63) is 12.2 Å². The van der Waals surface area contributed by atoms with Gasteiger partial charge in [0.2, 0.25) is 0 Å². The Hall–Kier alpha value is -1.36. The molecule has 5 heteroatoms. The van der Waals surface area contributed by atoms with Gasteiger partial charge >= 0.3 is 11.9 Å². The van der Waals surface area contributed by atoms with Crippen LogP contribution < -0.4 is 0 Å². The number of carboxylic acids is 1. The highest BCUT2D eigenvalue weighted by Gasteiger charge is 2.24. The normalized spacial score (nSPS) is 13.2. The Morgan fingerprint density at radius 3 is 2.21 bits per heavy atom. The lowest BCUT2D eigenvalue weighted by Crippen LogP contribution is -2.43. The second kappa shape index (κ2) is 13.0. The number of rotatable bonds is 14. The number of carboxylic acid groups (broad SMARTS) is 1. The number of esters is 1. The third-order valence-corrected chi connectivity index (χ3v) is 3.59. The molecule has 5 nitrogen and oxygen atoms in total. The van der Waals surface area contributed by atoms with E-state index in [1.54, 1.807) is 0 Å². The highest BCUT2D eigenvalue weighted by atomic mass is 16.5. The molecule has 0 fully saturated rings. The first-order valence-corrected chi connectivity index (χ1v) is 9.11. The van der Waals surface area contributed by atoms with Crippen LogP contribution in [0.5, 0.6) is 0 Å². The lowest BCUT2D eigenvalue weighted by Gasteiger charge is -2.28. The molecule has 0 saturated heterocycles. The van der Waals surface area contributed by atoms with E-state index in [9.17, 15) is 9.59 Å². The number of carbonyl (C=O) groups is 2. The molecule has 1 atom stereocenters. The van der Waals surface area contributed by atoms with Crippen LogP contribution in [0.25, 0.3) is 0 Å². The van der Waals surface area contributed by atoms with Gasteiger partial charge in [0.05, 0.1) is 27.6 Å². The van der Waals surface area contributed by atoms with Crippen LogP contribution in [0.1, 0.15) is 64.7 Å². The summed E-state index contributed by atoms with van der Waals surface area (Å²) in [6.07, 6.45) is 11.7. The van der Waals surface area contributed by atoms with E-state index < -0.39 is 12.1 Å². The summed E-state index contributed by atoms with van der Waals surface area (Å²) in [4.78, 5) is 22.8. The van der Waals surface area contributed by atoms with E-state index in [1.807, 2.05) is 21.1 Å². The van der Waals surface area contributed by atoms with Crippen molar-refractivity contribution >= 4 is 11.9 Å². The van der Waals surface area contributed by atoms with Crippen LogP contribution in [0, 0.1) is 0 Å². The van der Waals surface area contributed by atoms with Crippen molar-refractivity contribution in [2.45, 2.75) is 70.8 Å². The molecule has 0 aliphatic heterocycles. The zero-order chi connectivity index (χ0) is 18.4. The number of ether oxygens (including phenoxy) is 1. The Bertz CT molecular complexity index is 385. The van der Waals surface area contributed by atoms with Crippen LogP contribution >= 0.6 is 0 Å². The van der Waals surface area contributed by atoms with E-state index in [1.165, 1.54) is 25.7 Å². The number of nitrogens with zero attached hydrogens (tertiary/aromatic N) is 1. The number of allylic oxidation sites excluding steroid dienone is 2. The predicted octanol–water partition coefficient (Wildman–Crippen LogP) is 3.78. The molecule has 0 aromatic rings. The van der Waals surface area contributed by atoms with Gasteiger partial charge in [0.15, 0.2) is 6.10 Å². The topological polar surface area (TPSA) is 63.6 Å². The van der Waals surface area contributed by atoms with Gasteiger partial charge < -0.3 is 14.3 Å². The van der Waals surface area contributed by atoms with Crippen molar-refractivity contribution in [1.82, 2.24) is 0 Å². The largest absolute Gasteiger partial charge is 0.481 e. The van der Waals surface area contributed by atoms with Gasteiger partial charge in [-0.3, -0.25) is 9.59 Å². The van der Waals surface area contributed by atoms with Crippen LogP contribution in [0.4, 0.5) is 0 Å². The van der Waals surface area contributed by atoms with Crippen LogP contribution in [0.2, 0.25) is 0 Å². The average Bonchev–Trinajstić information content (AvgIpc) is 2.42. The fourth-order valence-corrected chi connectivity index (χ4v) is 2.48. The number of quaternary nitrogens is 1. The SMILES string of the molecule is CCCCCC/C=C/CCCC(=O)OC(CC(=O)O)C[N+](C)(C)C. The second-order valence-electron chi connectivity index (χ2n) is 7.40. The Balaban J connectivity index is 3.95. The molecule has 0 amide bonds. The van der Waals surface area contributed by atoms with Crippen LogP contribution in [0.3, 0.4) is 0 Å². The van der Waals surface area contributed by atoms with Crippen molar-refractivity contribution < 1.29 is 23.9 Å². The quantitative estimate of drug-likeness (QED) is 0.226. The molecule has 0 aliphatic carbocycles. The maximum Gasteiger partial charge on any atom is 0.307 e. The highest BCUT2D eigenvalue weighted by molar-refractivity contribution is 5.71. The Labute approximate surface area is 147 Å². The first-order valence-electron chi connectivity index (χ1n) is 9.11. The van der Waals surface area contributed by atoms with Gasteiger partial charge in [-0.2, -0.15) is 0 Å². The Morgan fingerprint density at radius 1 is 1.04 bits per heavy atom. The minimum atomic E-state index is -0.938. The van der Waals surface area contributed by atoms with E-state index in [4.69, 9.17) is 9.84 Å². The minimum absolute atomic E-state index is 0.140. The third kappa shape index (κ3) is 15.5. The fraction of sp³-hybridized carbons (Fsp3) is 0.789. The van der Waals surface area contributed by atoms with E-state index >= 15 is 0 Å². The van der Waals surface area contributed by atoms with Crippen LogP contribution in [-0.2, 0) is 14.3 Å². The van der Waals surface area contributed by atoms with E-state index in [0.717, 1.165) is 19.3 Å². The molecule has 0 spiro atoms. The van der Waals surface area contributed by atoms with Gasteiger partial charge in [0.25, 0.3) is 0 Å². The summed E-state index contributed by atoms with van der Waals surface area (Å²) in [5.41, 5.74) is 0. The molecule has 140 valence electrons. The van der Waals surface area contributed by atoms with Gasteiger partial charge in [-0.15, -0.1) is 0 Å². The van der Waals surface area contributed by atoms with Crippen LogP contribution in [0.15, 0.2) is 12.2 Å². The highest BCUT2D eigenvalue weighted by Crippen LogP contribution is 2.09. The zero-order valence-corrected chi connectivity index (χ0v) is 15.9. The van der Waals surface area contributed by atoms with Gasteiger partial charge in [0, 0.05) is 6.42 Å². The number of aliphatic carboxylic acids is 1. The number of unbranched alkanes of at least 4 members (excludes halogenated alkanes) is 5. The predicted molar refractivity (Wildman–Crippen MR) is 96.8 cm³/mol. The van der Waals surface area contributed by atoms with Crippen molar-refractivity contribution in [3.63, 3.8) is 0 Å². The number of hydrogen-bond acceptors (Lipinski definition) is 3. The molecular formula is C19H36NO4+. The molecule has 1 N–H and O–H groups in total. The molecular weight excluding hydrogens is 306 g/mol. The minimum Gasteiger partial charge on any atom is -0.481 e. The fourth-order valence-electron chi connectivity index (χ4n) is 2.48. The van der Waals surface area contributed by atoms with Crippen LogP contribution in [-0.4, -0.2) is 55.3 Å². The molecule has 0 heterocycles. The molecule has 24 heavy (non-hydrogen) atoms.